The summed E-state index contributed by atoms with van der Waals surface area (Å²) in [7, 11) is 0. The van der Waals surface area contributed by atoms with Gasteiger partial charge in [0.1, 0.15) is 38.1 Å². The second-order valence-corrected chi connectivity index (χ2v) is 20.6. The van der Waals surface area contributed by atoms with Gasteiger partial charge in [-0.15, -0.1) is 23.5 Å². The van der Waals surface area contributed by atoms with Crippen LogP contribution in [0.4, 0.5) is 23.3 Å². The number of nitrogens with zero attached hydrogens (tertiary/aromatic N) is 5. The van der Waals surface area contributed by atoms with E-state index in [0.29, 0.717) is 61.8 Å². The number of amides is 1. The summed E-state index contributed by atoms with van der Waals surface area (Å²) in [6.07, 6.45) is 3.11. The maximum Gasteiger partial charge on any atom is 0.316 e. The molecule has 4 aliphatic rings. The number of benzene rings is 1. The molecule has 8 heterocycles. The number of aliphatic carboxylic acids is 1. The van der Waals surface area contributed by atoms with Crippen molar-refractivity contribution in [1.82, 2.24) is 25.3 Å². The first-order valence-corrected chi connectivity index (χ1v) is 25.8. The highest BCUT2D eigenvalue weighted by molar-refractivity contribution is 8.14. The molecular formula is C43H39Cl6N9O5S4. The Balaban J connectivity index is 0.000000153. The molecule has 9 rings (SSSR count). The Morgan fingerprint density at radius 2 is 1.25 bits per heavy atom. The highest BCUT2D eigenvalue weighted by Gasteiger charge is 2.24. The van der Waals surface area contributed by atoms with Gasteiger partial charge in [-0.2, -0.15) is 0 Å². The van der Waals surface area contributed by atoms with E-state index in [0.717, 1.165) is 74.6 Å². The first-order valence-electron chi connectivity index (χ1n) is 20.1. The average molecular weight is 1100 g/mol. The van der Waals surface area contributed by atoms with Crippen LogP contribution in [0.2, 0.25) is 30.7 Å². The van der Waals surface area contributed by atoms with E-state index >= 15 is 0 Å². The van der Waals surface area contributed by atoms with Crippen molar-refractivity contribution in [2.45, 2.75) is 49.9 Å². The number of thiocarbonyl (C=S) groups is 1. The van der Waals surface area contributed by atoms with Crippen LogP contribution >= 0.6 is 117 Å². The molecule has 0 fully saturated rings. The number of halogens is 6. The summed E-state index contributed by atoms with van der Waals surface area (Å²) in [5, 5.41) is 24.8. The van der Waals surface area contributed by atoms with Gasteiger partial charge in [0.25, 0.3) is 0 Å². The van der Waals surface area contributed by atoms with E-state index in [1.807, 2.05) is 24.3 Å². The number of nitrogens with one attached hydrogen (secondary N) is 4. The molecule has 67 heavy (non-hydrogen) atoms. The van der Waals surface area contributed by atoms with Crippen LogP contribution in [0.1, 0.15) is 34.7 Å². The molecule has 14 nitrogen and oxygen atoms in total. The van der Waals surface area contributed by atoms with E-state index in [1.54, 1.807) is 49.4 Å². The van der Waals surface area contributed by atoms with Gasteiger partial charge in [-0.25, -0.2) is 24.9 Å². The Labute approximate surface area is 434 Å². The lowest BCUT2D eigenvalue weighted by Crippen LogP contribution is -2.26. The maximum absolute atomic E-state index is 12.0. The highest BCUT2D eigenvalue weighted by atomic mass is 35.5. The first kappa shape index (κ1) is 52.5. The molecular weight excluding hydrogens is 1060 g/mol. The van der Waals surface area contributed by atoms with Gasteiger partial charge in [-0.05, 0) is 66.1 Å². The number of fused-ring (bicyclic) bond motifs is 4. The lowest BCUT2D eigenvalue weighted by atomic mass is 10.2. The number of hydrogen-bond acceptors (Lipinski definition) is 15. The second kappa shape index (κ2) is 25.7. The molecule has 0 saturated carbocycles. The molecule has 2 atom stereocenters. The molecule has 1 amide bonds. The predicted molar refractivity (Wildman–Crippen MR) is 280 cm³/mol. The molecule has 1 aromatic carbocycles. The van der Waals surface area contributed by atoms with Gasteiger partial charge in [0.05, 0.1) is 44.6 Å². The molecule has 0 saturated heterocycles. The minimum Gasteiger partial charge on any atom is -0.481 e. The number of aromatic nitrogens is 4. The van der Waals surface area contributed by atoms with Gasteiger partial charge in [-0.3, -0.25) is 14.4 Å². The number of pyridine rings is 4. The van der Waals surface area contributed by atoms with E-state index in [4.69, 9.17) is 91.7 Å². The van der Waals surface area contributed by atoms with E-state index in [-0.39, 0.29) is 34.1 Å². The van der Waals surface area contributed by atoms with E-state index in [2.05, 4.69) is 46.2 Å². The van der Waals surface area contributed by atoms with Crippen molar-refractivity contribution in [1.29, 1.82) is 0 Å². The van der Waals surface area contributed by atoms with Gasteiger partial charge in [0, 0.05) is 53.4 Å². The monoisotopic (exact) mass is 1100 g/mol. The number of carboxylic acid groups (broad SMARTS) is 1. The Morgan fingerprint density at radius 3 is 1.84 bits per heavy atom. The Kier molecular flexibility index (Phi) is 20.1. The van der Waals surface area contributed by atoms with Crippen molar-refractivity contribution in [3.8, 4) is 0 Å². The van der Waals surface area contributed by atoms with Crippen LogP contribution < -0.4 is 21.3 Å². The zero-order valence-corrected chi connectivity index (χ0v) is 42.9. The third-order valence-electron chi connectivity index (χ3n) is 9.24. The number of rotatable bonds is 11. The normalized spacial score (nSPS) is 15.4. The topological polar surface area (TPSA) is 193 Å². The fraction of sp³-hybridized carbons (Fsp3) is 0.279. The number of thioether (sulfide) groups is 3. The van der Waals surface area contributed by atoms with Gasteiger partial charge >= 0.3 is 11.9 Å². The molecule has 352 valence electrons. The molecule has 0 bridgehead atoms. The molecule has 2 unspecified atom stereocenters. The third kappa shape index (κ3) is 17.0. The number of esters is 1. The summed E-state index contributed by atoms with van der Waals surface area (Å²) in [5.74, 6) is 2.71. The minimum absolute atomic E-state index is 0.0418. The number of carbonyl (C=O) groups is 3. The van der Waals surface area contributed by atoms with Crippen LogP contribution in [-0.4, -0.2) is 87.5 Å². The van der Waals surface area contributed by atoms with Gasteiger partial charge in [0.15, 0.2) is 5.82 Å². The lowest BCUT2D eigenvalue weighted by Gasteiger charge is -2.11. The van der Waals surface area contributed by atoms with E-state index in [1.165, 1.54) is 35.3 Å². The molecule has 24 heteroatoms. The van der Waals surface area contributed by atoms with Crippen molar-refractivity contribution in [2.24, 2.45) is 4.99 Å². The Morgan fingerprint density at radius 1 is 0.716 bits per heavy atom. The van der Waals surface area contributed by atoms with E-state index in [9.17, 15) is 14.4 Å². The van der Waals surface area contributed by atoms with Crippen LogP contribution in [-0.2, 0) is 51.3 Å². The lowest BCUT2D eigenvalue weighted by molar-refractivity contribution is -0.140. The van der Waals surface area contributed by atoms with Gasteiger partial charge in [0.2, 0.25) is 5.91 Å². The zero-order valence-electron chi connectivity index (χ0n) is 35.1. The summed E-state index contributed by atoms with van der Waals surface area (Å²) in [6.45, 7) is 2.59. The smallest absolute Gasteiger partial charge is 0.316 e. The highest BCUT2D eigenvalue weighted by Crippen LogP contribution is 2.33. The van der Waals surface area contributed by atoms with Gasteiger partial charge in [-0.1, -0.05) is 118 Å². The largest absolute Gasteiger partial charge is 0.481 e. The molecule has 5 aromatic rings. The zero-order chi connectivity index (χ0) is 48.0. The van der Waals surface area contributed by atoms with Crippen molar-refractivity contribution >= 4 is 168 Å². The molecule has 5 N–H and O–H groups in total. The summed E-state index contributed by atoms with van der Waals surface area (Å²) in [5.41, 5.74) is 5.24. The van der Waals surface area contributed by atoms with Crippen molar-refractivity contribution < 1.29 is 24.2 Å². The van der Waals surface area contributed by atoms with Crippen LogP contribution in [0.15, 0.2) is 71.7 Å². The molecule has 4 aliphatic heterocycles. The van der Waals surface area contributed by atoms with E-state index < -0.39 is 5.97 Å². The van der Waals surface area contributed by atoms with Crippen molar-refractivity contribution in [3.05, 3.63) is 125 Å². The number of ether oxygens (including phenoxy) is 1. The van der Waals surface area contributed by atoms with Crippen molar-refractivity contribution in [3.63, 3.8) is 0 Å². The predicted octanol–water partition coefficient (Wildman–Crippen LogP) is 10.9. The summed E-state index contributed by atoms with van der Waals surface area (Å²) in [6, 6.07) is 20.0. The van der Waals surface area contributed by atoms with Crippen LogP contribution in [0, 0.1) is 0 Å². The number of aliphatic imine (C=N–C) groups is 1. The van der Waals surface area contributed by atoms with Gasteiger partial charge < -0.3 is 31.1 Å². The van der Waals surface area contributed by atoms with Crippen molar-refractivity contribution in [2.75, 3.05) is 39.8 Å². The van der Waals surface area contributed by atoms with Crippen LogP contribution in [0.3, 0.4) is 0 Å². The first-order chi connectivity index (χ1) is 32.1. The fourth-order valence-corrected chi connectivity index (χ4v) is 10.3. The fourth-order valence-electron chi connectivity index (χ4n) is 6.33. The number of carbonyl (C=O) groups excluding carboxylic acids is 2. The number of carboxylic acids is 1. The quantitative estimate of drug-likeness (QED) is 0.0476. The molecule has 0 aliphatic carbocycles. The van der Waals surface area contributed by atoms with Crippen LogP contribution in [0.5, 0.6) is 0 Å². The standard InChI is InChI=1S/C16H14Cl3N3OS.C11H11ClN2O2S.C9H9ClN2O2S.C7H5ClN2S/c17-11-3-9(4-12(18)6-11)7-20-14(23)8-24-15-5-10-1-2-13(19)21-16(10)22-15;1-2-16-10(15)6-17-9-5-7-3-4-8(12)13-11(7)14-9;10-6-2-1-5-3-7(12-9(5)11-6)15-4-8(13)14;8-5-2-1-4-3-6(11)10-7(4)9-5/h1-4,6,15H,5,7-8H2,(H,20,23)(H,21,22);3-4H,2,5-6H2,1H3;1-2,7H,3-4H2,(H,11,12)(H,13,14);1-2H,3H2,(H,9,10,11). The number of hydrogen-bond donors (Lipinski definition) is 5. The minimum atomic E-state index is -0.802. The summed E-state index contributed by atoms with van der Waals surface area (Å²) < 4.78 is 4.85. The molecule has 4 aromatic heterocycles. The Hall–Kier alpha value is -3.82. The summed E-state index contributed by atoms with van der Waals surface area (Å²) in [4.78, 5) is 55.3. The maximum atomic E-state index is 12.0. The third-order valence-corrected chi connectivity index (χ3v) is 13.9. The second-order valence-electron chi connectivity index (χ2n) is 14.3. The van der Waals surface area contributed by atoms with Crippen LogP contribution in [0.25, 0.3) is 0 Å². The molecule has 0 spiro atoms. The Bertz CT molecular complexity index is 2650. The SMILES string of the molecule is CCOC(=O)CSC1=Nc2nc(Cl)ccc2C1.O=C(CSC1Cc2ccc(Cl)nc2N1)NCc1cc(Cl)cc(Cl)c1.O=C(O)CSC1Cc2ccc(Cl)nc2N1.S=C1Cc2ccc(Cl)nc2N1. The molecule has 0 radical (unpaired) electrons. The summed E-state index contributed by atoms with van der Waals surface area (Å²) >= 11 is 44.2. The average Bonchev–Trinajstić information content (AvgIpc) is 4.07. The number of anilines is 3.